The first-order valence-electron chi connectivity index (χ1n) is 9.01. The molecule has 1 aliphatic heterocycles. The van der Waals surface area contributed by atoms with E-state index in [0.29, 0.717) is 0 Å². The smallest absolute Gasteiger partial charge is 0.265 e. The molecule has 0 aliphatic carbocycles. The molecule has 1 aromatic carbocycles. The molecule has 2 amide bonds. The van der Waals surface area contributed by atoms with Crippen LogP contribution in [0.2, 0.25) is 0 Å². The number of carbonyl (C=O) groups is 2. The van der Waals surface area contributed by atoms with E-state index in [4.69, 9.17) is 12.2 Å². The Labute approximate surface area is 170 Å². The van der Waals surface area contributed by atoms with E-state index in [-0.39, 0.29) is 17.2 Å². The lowest BCUT2D eigenvalue weighted by Crippen LogP contribution is -2.53. The van der Waals surface area contributed by atoms with Crippen molar-refractivity contribution in [2.75, 3.05) is 6.54 Å². The molecule has 1 fully saturated rings. The standard InChI is InChI=1S/C22H23N3O2S/c1-6-9-24-21(27)18(20(26)23-22(24)28)12-17-11-15(4)25(16(17)5)19-10-13(2)7-8-14(19)3/h6-8,10-12H,1,9H2,2-5H3,(H,23,26,28)/b18-12+. The van der Waals surface area contributed by atoms with Gasteiger partial charge in [0.1, 0.15) is 5.57 Å². The Kier molecular flexibility index (Phi) is 5.34. The van der Waals surface area contributed by atoms with Gasteiger partial charge in [-0.25, -0.2) is 0 Å². The zero-order valence-corrected chi connectivity index (χ0v) is 17.3. The summed E-state index contributed by atoms with van der Waals surface area (Å²) in [5, 5.41) is 2.68. The molecular formula is C22H23N3O2S. The fourth-order valence-corrected chi connectivity index (χ4v) is 3.66. The SMILES string of the molecule is C=CCN1C(=O)/C(=C/c2cc(C)n(-c3cc(C)ccc3C)c2C)C(=O)NC1=S. The summed E-state index contributed by atoms with van der Waals surface area (Å²) in [6.07, 6.45) is 3.21. The number of aryl methyl sites for hydroxylation is 3. The van der Waals surface area contributed by atoms with Crippen molar-refractivity contribution in [2.24, 2.45) is 0 Å². The van der Waals surface area contributed by atoms with Crippen molar-refractivity contribution in [3.05, 3.63) is 70.6 Å². The van der Waals surface area contributed by atoms with Gasteiger partial charge < -0.3 is 4.57 Å². The lowest BCUT2D eigenvalue weighted by atomic mass is 10.1. The van der Waals surface area contributed by atoms with Crippen LogP contribution in [-0.4, -0.2) is 32.9 Å². The van der Waals surface area contributed by atoms with Gasteiger partial charge in [-0.15, -0.1) is 6.58 Å². The second kappa shape index (κ2) is 7.56. The van der Waals surface area contributed by atoms with Gasteiger partial charge in [-0.3, -0.25) is 19.8 Å². The maximum absolute atomic E-state index is 12.8. The van der Waals surface area contributed by atoms with Crippen LogP contribution < -0.4 is 5.32 Å². The van der Waals surface area contributed by atoms with Crippen molar-refractivity contribution in [2.45, 2.75) is 27.7 Å². The highest BCUT2D eigenvalue weighted by atomic mass is 32.1. The lowest BCUT2D eigenvalue weighted by molar-refractivity contribution is -0.128. The van der Waals surface area contributed by atoms with Crippen LogP contribution in [0.4, 0.5) is 0 Å². The molecule has 6 heteroatoms. The van der Waals surface area contributed by atoms with Gasteiger partial charge in [0.2, 0.25) is 0 Å². The summed E-state index contributed by atoms with van der Waals surface area (Å²) < 4.78 is 2.14. The van der Waals surface area contributed by atoms with Gasteiger partial charge >= 0.3 is 0 Å². The van der Waals surface area contributed by atoms with Gasteiger partial charge in [0.25, 0.3) is 11.8 Å². The molecule has 0 unspecified atom stereocenters. The van der Waals surface area contributed by atoms with Crippen LogP contribution in [0.15, 0.2) is 42.5 Å². The highest BCUT2D eigenvalue weighted by Crippen LogP contribution is 2.26. The molecule has 28 heavy (non-hydrogen) atoms. The number of nitrogens with zero attached hydrogens (tertiary/aromatic N) is 2. The summed E-state index contributed by atoms with van der Waals surface area (Å²) in [7, 11) is 0. The van der Waals surface area contributed by atoms with Crippen molar-refractivity contribution < 1.29 is 9.59 Å². The van der Waals surface area contributed by atoms with Crippen molar-refractivity contribution >= 4 is 35.2 Å². The van der Waals surface area contributed by atoms with Gasteiger partial charge in [-0.1, -0.05) is 18.2 Å². The lowest BCUT2D eigenvalue weighted by Gasteiger charge is -2.27. The fourth-order valence-electron chi connectivity index (χ4n) is 3.41. The molecule has 2 heterocycles. The summed E-state index contributed by atoms with van der Waals surface area (Å²) in [6, 6.07) is 8.29. The van der Waals surface area contributed by atoms with E-state index < -0.39 is 11.8 Å². The number of amides is 2. The summed E-state index contributed by atoms with van der Waals surface area (Å²) >= 11 is 5.10. The summed E-state index contributed by atoms with van der Waals surface area (Å²) in [6.45, 7) is 12.0. The first kappa shape index (κ1) is 19.8. The predicted molar refractivity (Wildman–Crippen MR) is 115 cm³/mol. The molecule has 1 N–H and O–H groups in total. The van der Waals surface area contributed by atoms with Gasteiger partial charge in [-0.05, 0) is 74.8 Å². The van der Waals surface area contributed by atoms with Crippen LogP contribution in [0.25, 0.3) is 11.8 Å². The largest absolute Gasteiger partial charge is 0.318 e. The van der Waals surface area contributed by atoms with Crippen LogP contribution in [0.3, 0.4) is 0 Å². The van der Waals surface area contributed by atoms with Crippen molar-refractivity contribution in [3.8, 4) is 5.69 Å². The van der Waals surface area contributed by atoms with E-state index in [2.05, 4.69) is 48.5 Å². The topological polar surface area (TPSA) is 54.3 Å². The third-order valence-corrected chi connectivity index (χ3v) is 5.20. The Balaban J connectivity index is 2.09. The average molecular weight is 394 g/mol. The monoisotopic (exact) mass is 393 g/mol. The molecule has 3 rings (SSSR count). The van der Waals surface area contributed by atoms with Gasteiger partial charge in [0.05, 0.1) is 0 Å². The van der Waals surface area contributed by atoms with Crippen LogP contribution in [0.1, 0.15) is 28.1 Å². The number of aromatic nitrogens is 1. The van der Waals surface area contributed by atoms with Crippen LogP contribution in [0, 0.1) is 27.7 Å². The van der Waals surface area contributed by atoms with Crippen LogP contribution >= 0.6 is 12.2 Å². The molecule has 2 aromatic rings. The van der Waals surface area contributed by atoms with Crippen molar-refractivity contribution in [3.63, 3.8) is 0 Å². The Morgan fingerprint density at radius 2 is 1.86 bits per heavy atom. The van der Waals surface area contributed by atoms with Gasteiger partial charge in [-0.2, -0.15) is 0 Å². The van der Waals surface area contributed by atoms with E-state index in [1.165, 1.54) is 10.5 Å². The van der Waals surface area contributed by atoms with E-state index in [1.807, 2.05) is 19.9 Å². The number of rotatable bonds is 4. The van der Waals surface area contributed by atoms with Crippen molar-refractivity contribution in [1.29, 1.82) is 0 Å². The quantitative estimate of drug-likeness (QED) is 0.374. The highest BCUT2D eigenvalue weighted by Gasteiger charge is 2.32. The number of nitrogens with one attached hydrogen (secondary N) is 1. The molecule has 0 spiro atoms. The second-order valence-electron chi connectivity index (χ2n) is 6.97. The van der Waals surface area contributed by atoms with E-state index in [1.54, 1.807) is 12.2 Å². The van der Waals surface area contributed by atoms with Crippen LogP contribution in [-0.2, 0) is 9.59 Å². The first-order chi connectivity index (χ1) is 13.2. The average Bonchev–Trinajstić information content (AvgIpc) is 2.91. The van der Waals surface area contributed by atoms with E-state index in [0.717, 1.165) is 28.2 Å². The summed E-state index contributed by atoms with van der Waals surface area (Å²) in [5.41, 5.74) is 6.29. The molecule has 1 aliphatic rings. The third-order valence-electron chi connectivity index (χ3n) is 4.87. The third kappa shape index (κ3) is 3.43. The number of hydrogen-bond donors (Lipinski definition) is 1. The highest BCUT2D eigenvalue weighted by molar-refractivity contribution is 7.80. The Morgan fingerprint density at radius 3 is 2.54 bits per heavy atom. The molecule has 1 aromatic heterocycles. The summed E-state index contributed by atoms with van der Waals surface area (Å²) in [5.74, 6) is -0.892. The van der Waals surface area contributed by atoms with E-state index in [9.17, 15) is 9.59 Å². The number of carbonyl (C=O) groups excluding carboxylic acids is 2. The minimum absolute atomic E-state index is 0.0664. The zero-order valence-electron chi connectivity index (χ0n) is 16.5. The van der Waals surface area contributed by atoms with E-state index >= 15 is 0 Å². The van der Waals surface area contributed by atoms with Gasteiger partial charge in [0.15, 0.2) is 5.11 Å². The van der Waals surface area contributed by atoms with Crippen LogP contribution in [0.5, 0.6) is 0 Å². The normalized spacial score (nSPS) is 15.9. The predicted octanol–water partition coefficient (Wildman–Crippen LogP) is 3.52. The molecule has 144 valence electrons. The second-order valence-corrected chi connectivity index (χ2v) is 7.36. The molecule has 0 atom stereocenters. The van der Waals surface area contributed by atoms with Gasteiger partial charge in [0, 0.05) is 23.6 Å². The molecule has 0 bridgehead atoms. The molecule has 0 radical (unpaired) electrons. The number of hydrogen-bond acceptors (Lipinski definition) is 3. The summed E-state index contributed by atoms with van der Waals surface area (Å²) in [4.78, 5) is 26.5. The maximum Gasteiger partial charge on any atom is 0.265 e. The molecule has 1 saturated heterocycles. The fraction of sp³-hybridized carbons (Fsp3) is 0.227. The Morgan fingerprint density at radius 1 is 1.14 bits per heavy atom. The minimum Gasteiger partial charge on any atom is -0.318 e. The first-order valence-corrected chi connectivity index (χ1v) is 9.41. The maximum atomic E-state index is 12.8. The molecule has 5 nitrogen and oxygen atoms in total. The number of benzene rings is 1. The minimum atomic E-state index is -0.480. The number of thiocarbonyl (C=S) groups is 1. The molecular weight excluding hydrogens is 370 g/mol. The Hall–Kier alpha value is -2.99. The zero-order chi connectivity index (χ0) is 20.6. The Bertz CT molecular complexity index is 1050. The van der Waals surface area contributed by atoms with Crippen molar-refractivity contribution in [1.82, 2.24) is 14.8 Å². The molecule has 0 saturated carbocycles.